The average Bonchev–Trinajstić information content (AvgIpc) is 2.88. The van der Waals surface area contributed by atoms with Gasteiger partial charge in [-0.1, -0.05) is 15.9 Å². The van der Waals surface area contributed by atoms with Crippen molar-refractivity contribution in [1.82, 2.24) is 14.9 Å². The monoisotopic (exact) mass is 340 g/mol. The van der Waals surface area contributed by atoms with Gasteiger partial charge in [-0.3, -0.25) is 4.79 Å². The van der Waals surface area contributed by atoms with Gasteiger partial charge in [0.25, 0.3) is 5.91 Å². The molecule has 2 rings (SSSR count). The van der Waals surface area contributed by atoms with E-state index >= 15 is 0 Å². The van der Waals surface area contributed by atoms with Crippen LogP contribution in [0.4, 0.5) is 4.39 Å². The number of benzene rings is 1. The molecule has 0 atom stereocenters. The number of rotatable bonds is 5. The molecule has 0 aliphatic rings. The molecule has 0 spiro atoms. The zero-order chi connectivity index (χ0) is 14.5. The number of amides is 1. The molecule has 0 unspecified atom stereocenters. The van der Waals surface area contributed by atoms with Crippen LogP contribution in [0.2, 0.25) is 0 Å². The van der Waals surface area contributed by atoms with Gasteiger partial charge in [0.05, 0.1) is 6.33 Å². The molecule has 1 aromatic carbocycles. The molecule has 106 valence electrons. The molecule has 7 heteroatoms. The Morgan fingerprint density at radius 2 is 2.30 bits per heavy atom. The molecule has 1 aromatic heterocycles. The normalized spacial score (nSPS) is 10.6. The lowest BCUT2D eigenvalue weighted by molar-refractivity contribution is 0.0946. The van der Waals surface area contributed by atoms with Crippen molar-refractivity contribution in [2.75, 3.05) is 6.54 Å². The lowest BCUT2D eigenvalue weighted by atomic mass is 10.2. The van der Waals surface area contributed by atoms with Crippen LogP contribution in [-0.2, 0) is 13.1 Å². The van der Waals surface area contributed by atoms with Gasteiger partial charge in [-0.05, 0) is 18.2 Å². The van der Waals surface area contributed by atoms with Crippen LogP contribution in [0.1, 0.15) is 16.1 Å². The Balaban J connectivity index is 1.99. The predicted octanol–water partition coefficient (Wildman–Crippen LogP) is 1.67. The summed E-state index contributed by atoms with van der Waals surface area (Å²) in [6.07, 6.45) is 3.15. The maximum atomic E-state index is 13.5. The number of nitrogens with zero attached hydrogens (tertiary/aromatic N) is 2. The van der Waals surface area contributed by atoms with E-state index in [1.54, 1.807) is 29.2 Å². The number of hydrogen-bond donors (Lipinski definition) is 2. The smallest absolute Gasteiger partial charge is 0.271 e. The van der Waals surface area contributed by atoms with Crippen LogP contribution >= 0.6 is 15.9 Å². The molecule has 0 saturated heterocycles. The van der Waals surface area contributed by atoms with Crippen molar-refractivity contribution in [3.8, 4) is 0 Å². The summed E-state index contributed by atoms with van der Waals surface area (Å²) in [7, 11) is 0. The lowest BCUT2D eigenvalue weighted by Crippen LogP contribution is -2.23. The third-order valence-electron chi connectivity index (χ3n) is 2.70. The van der Waals surface area contributed by atoms with E-state index in [2.05, 4.69) is 26.2 Å². The Labute approximate surface area is 124 Å². The van der Waals surface area contributed by atoms with Crippen molar-refractivity contribution in [3.05, 3.63) is 52.3 Å². The number of nitrogens with one attached hydrogen (secondary N) is 1. The van der Waals surface area contributed by atoms with E-state index in [1.807, 2.05) is 0 Å². The van der Waals surface area contributed by atoms with Crippen molar-refractivity contribution in [1.29, 1.82) is 0 Å². The van der Waals surface area contributed by atoms with Gasteiger partial charge in [-0.2, -0.15) is 0 Å². The van der Waals surface area contributed by atoms with Crippen LogP contribution in [0.5, 0.6) is 0 Å². The largest absolute Gasteiger partial charge is 0.346 e. The second kappa shape index (κ2) is 6.62. The van der Waals surface area contributed by atoms with Crippen LogP contribution < -0.4 is 11.1 Å². The molecule has 0 radical (unpaired) electrons. The molecule has 0 bridgehead atoms. The standard InChI is InChI=1S/C13H14BrFN4O/c14-10-1-2-11(15)9(5-10)6-17-13(20)12-7-19(4-3-16)8-18-12/h1-2,5,7-8H,3-4,6,16H2,(H,17,20). The third-order valence-corrected chi connectivity index (χ3v) is 3.19. The zero-order valence-corrected chi connectivity index (χ0v) is 12.2. The molecule has 1 heterocycles. The van der Waals surface area contributed by atoms with E-state index in [1.165, 1.54) is 6.07 Å². The fourth-order valence-corrected chi connectivity index (χ4v) is 2.10. The summed E-state index contributed by atoms with van der Waals surface area (Å²) in [6, 6.07) is 4.58. The fraction of sp³-hybridized carbons (Fsp3) is 0.231. The molecule has 5 nitrogen and oxygen atoms in total. The number of imidazole rings is 1. The average molecular weight is 341 g/mol. The molecule has 0 aliphatic heterocycles. The fourth-order valence-electron chi connectivity index (χ4n) is 1.69. The highest BCUT2D eigenvalue weighted by atomic mass is 79.9. The Bertz CT molecular complexity index is 614. The summed E-state index contributed by atoms with van der Waals surface area (Å²) in [4.78, 5) is 15.9. The lowest BCUT2D eigenvalue weighted by Gasteiger charge is -2.05. The highest BCUT2D eigenvalue weighted by Crippen LogP contribution is 2.15. The first-order valence-electron chi connectivity index (χ1n) is 6.04. The minimum Gasteiger partial charge on any atom is -0.346 e. The van der Waals surface area contributed by atoms with E-state index in [-0.39, 0.29) is 24.0 Å². The molecule has 0 aliphatic carbocycles. The van der Waals surface area contributed by atoms with Gasteiger partial charge >= 0.3 is 0 Å². The molecule has 0 fully saturated rings. The molecule has 1 amide bonds. The quantitative estimate of drug-likeness (QED) is 0.869. The van der Waals surface area contributed by atoms with Gasteiger partial charge in [-0.15, -0.1) is 0 Å². The Morgan fingerprint density at radius 1 is 1.50 bits per heavy atom. The highest BCUT2D eigenvalue weighted by Gasteiger charge is 2.10. The van der Waals surface area contributed by atoms with E-state index in [9.17, 15) is 9.18 Å². The van der Waals surface area contributed by atoms with E-state index in [0.717, 1.165) is 4.47 Å². The summed E-state index contributed by atoms with van der Waals surface area (Å²) < 4.78 is 16.0. The summed E-state index contributed by atoms with van der Waals surface area (Å²) in [5, 5.41) is 2.63. The van der Waals surface area contributed by atoms with Crippen molar-refractivity contribution >= 4 is 21.8 Å². The van der Waals surface area contributed by atoms with Gasteiger partial charge in [0.1, 0.15) is 11.5 Å². The molecular formula is C13H14BrFN4O. The van der Waals surface area contributed by atoms with Crippen LogP contribution in [0, 0.1) is 5.82 Å². The SMILES string of the molecule is NCCn1cnc(C(=O)NCc2cc(Br)ccc2F)c1. The first kappa shape index (κ1) is 14.7. The molecule has 2 aromatic rings. The number of carbonyl (C=O) groups is 1. The summed E-state index contributed by atoms with van der Waals surface area (Å²) in [5.74, 6) is -0.706. The third kappa shape index (κ3) is 3.64. The maximum Gasteiger partial charge on any atom is 0.271 e. The number of hydrogen-bond acceptors (Lipinski definition) is 3. The molecule has 0 saturated carbocycles. The zero-order valence-electron chi connectivity index (χ0n) is 10.6. The number of halogens is 2. The number of nitrogens with two attached hydrogens (primary N) is 1. The van der Waals surface area contributed by atoms with E-state index < -0.39 is 0 Å². The number of aromatic nitrogens is 2. The second-order valence-corrected chi connectivity index (χ2v) is 5.12. The minimum atomic E-state index is -0.359. The Kier molecular flexibility index (Phi) is 4.86. The summed E-state index contributed by atoms with van der Waals surface area (Å²) in [6.45, 7) is 1.18. The Morgan fingerprint density at radius 3 is 3.05 bits per heavy atom. The van der Waals surface area contributed by atoms with Crippen LogP contribution in [-0.4, -0.2) is 22.0 Å². The van der Waals surface area contributed by atoms with Crippen LogP contribution in [0.15, 0.2) is 35.2 Å². The van der Waals surface area contributed by atoms with Gasteiger partial charge in [0, 0.05) is 35.9 Å². The highest BCUT2D eigenvalue weighted by molar-refractivity contribution is 9.10. The first-order valence-corrected chi connectivity index (χ1v) is 6.83. The Hall–Kier alpha value is -1.73. The summed E-state index contributed by atoms with van der Waals surface area (Å²) >= 11 is 3.26. The van der Waals surface area contributed by atoms with Gasteiger partial charge in [0.2, 0.25) is 0 Å². The van der Waals surface area contributed by atoms with Crippen LogP contribution in [0.3, 0.4) is 0 Å². The number of carbonyl (C=O) groups excluding carboxylic acids is 1. The van der Waals surface area contributed by atoms with Gasteiger partial charge in [0.15, 0.2) is 0 Å². The topological polar surface area (TPSA) is 72.9 Å². The molecule has 20 heavy (non-hydrogen) atoms. The van der Waals surface area contributed by atoms with E-state index in [0.29, 0.717) is 18.7 Å². The second-order valence-electron chi connectivity index (χ2n) is 4.20. The van der Waals surface area contributed by atoms with Crippen LogP contribution in [0.25, 0.3) is 0 Å². The van der Waals surface area contributed by atoms with Crippen molar-refractivity contribution in [2.24, 2.45) is 5.73 Å². The molecule has 3 N–H and O–H groups in total. The minimum absolute atomic E-state index is 0.105. The van der Waals surface area contributed by atoms with Gasteiger partial charge in [-0.25, -0.2) is 9.37 Å². The van der Waals surface area contributed by atoms with E-state index in [4.69, 9.17) is 5.73 Å². The van der Waals surface area contributed by atoms with Crippen molar-refractivity contribution in [3.63, 3.8) is 0 Å². The van der Waals surface area contributed by atoms with Crippen molar-refractivity contribution < 1.29 is 9.18 Å². The van der Waals surface area contributed by atoms with Crippen molar-refractivity contribution in [2.45, 2.75) is 13.1 Å². The first-order chi connectivity index (χ1) is 9.60. The predicted molar refractivity (Wildman–Crippen MR) is 76.6 cm³/mol. The maximum absolute atomic E-state index is 13.5. The summed E-state index contributed by atoms with van der Waals surface area (Å²) in [5.41, 5.74) is 6.11. The van der Waals surface area contributed by atoms with Gasteiger partial charge < -0.3 is 15.6 Å². The molecular weight excluding hydrogens is 327 g/mol.